The molecule has 1 heterocycles. The number of benzene rings is 1. The second kappa shape index (κ2) is 10.6. The summed E-state index contributed by atoms with van der Waals surface area (Å²) in [6.07, 6.45) is 6.08. The summed E-state index contributed by atoms with van der Waals surface area (Å²) in [6.45, 7) is 6.00. The summed E-state index contributed by atoms with van der Waals surface area (Å²) in [4.78, 5) is 25.6. The van der Waals surface area contributed by atoms with Crippen LogP contribution >= 0.6 is 0 Å². The normalized spacial score (nSPS) is 11.7. The van der Waals surface area contributed by atoms with Gasteiger partial charge in [0, 0.05) is 18.7 Å². The van der Waals surface area contributed by atoms with Crippen molar-refractivity contribution < 1.29 is 14.3 Å². The molecule has 0 aliphatic carbocycles. The lowest BCUT2D eigenvalue weighted by atomic mass is 9.98. The maximum absolute atomic E-state index is 12.9. The number of ketones is 1. The average Bonchev–Trinajstić information content (AvgIpc) is 3.00. The molecule has 0 fully saturated rings. The summed E-state index contributed by atoms with van der Waals surface area (Å²) < 4.78 is 7.30. The minimum Gasteiger partial charge on any atom is -0.409 e. The molecule has 29 heavy (non-hydrogen) atoms. The number of carbonyl (C=O) groups excluding carboxylic acids is 2. The summed E-state index contributed by atoms with van der Waals surface area (Å²) in [5.74, 6) is -0.137. The highest BCUT2D eigenvalue weighted by Crippen LogP contribution is 2.25. The largest absolute Gasteiger partial charge is 0.409 e. The predicted octanol–water partition coefficient (Wildman–Crippen LogP) is 5.34. The van der Waals surface area contributed by atoms with Gasteiger partial charge in [-0.05, 0) is 49.6 Å². The standard InChI is InChI=1S/C24H30N2O3/c1-5-7-8-9-10-19(6-2)24(28)29-21-15-17(3)22(26(21)4)23(27)20-13-11-18(16-25)12-14-20/h11-15,19H,5-10H2,1-4H3. The summed E-state index contributed by atoms with van der Waals surface area (Å²) >= 11 is 0. The Bertz CT molecular complexity index is 888. The molecule has 0 saturated heterocycles. The van der Waals surface area contributed by atoms with Gasteiger partial charge in [0.1, 0.15) is 0 Å². The molecule has 0 spiro atoms. The molecule has 0 aliphatic heterocycles. The monoisotopic (exact) mass is 394 g/mol. The number of unbranched alkanes of at least 4 members (excludes halogenated alkanes) is 3. The van der Waals surface area contributed by atoms with Crippen LogP contribution in [0.4, 0.5) is 0 Å². The van der Waals surface area contributed by atoms with E-state index in [1.807, 2.05) is 19.9 Å². The summed E-state index contributed by atoms with van der Waals surface area (Å²) in [5.41, 5.74) is 2.23. The van der Waals surface area contributed by atoms with Gasteiger partial charge in [0.05, 0.1) is 23.2 Å². The topological polar surface area (TPSA) is 72.1 Å². The number of hydrogen-bond donors (Lipinski definition) is 0. The average molecular weight is 395 g/mol. The molecule has 5 nitrogen and oxygen atoms in total. The van der Waals surface area contributed by atoms with E-state index >= 15 is 0 Å². The number of esters is 1. The molecule has 0 radical (unpaired) electrons. The van der Waals surface area contributed by atoms with E-state index in [4.69, 9.17) is 10.00 Å². The maximum Gasteiger partial charge on any atom is 0.315 e. The molecule has 0 amide bonds. The molecule has 5 heteroatoms. The first-order valence-corrected chi connectivity index (χ1v) is 10.4. The van der Waals surface area contributed by atoms with E-state index in [0.717, 1.165) is 31.2 Å². The van der Waals surface area contributed by atoms with Crippen molar-refractivity contribution in [2.75, 3.05) is 0 Å². The first kappa shape index (κ1) is 22.4. The van der Waals surface area contributed by atoms with Crippen LogP contribution in [-0.4, -0.2) is 16.3 Å². The number of nitriles is 1. The molecule has 0 aliphatic rings. The molecule has 0 N–H and O–H groups in total. The second-order valence-corrected chi connectivity index (χ2v) is 7.47. The van der Waals surface area contributed by atoms with Gasteiger partial charge >= 0.3 is 5.97 Å². The van der Waals surface area contributed by atoms with Crippen LogP contribution in [0.25, 0.3) is 0 Å². The third-order valence-electron chi connectivity index (χ3n) is 5.31. The summed E-state index contributed by atoms with van der Waals surface area (Å²) in [5, 5.41) is 8.92. The molecule has 154 valence electrons. The highest BCUT2D eigenvalue weighted by molar-refractivity contribution is 6.09. The van der Waals surface area contributed by atoms with E-state index in [-0.39, 0.29) is 17.7 Å². The van der Waals surface area contributed by atoms with Gasteiger partial charge in [0.2, 0.25) is 11.7 Å². The van der Waals surface area contributed by atoms with Crippen LogP contribution in [0.3, 0.4) is 0 Å². The lowest BCUT2D eigenvalue weighted by molar-refractivity contribution is -0.139. The van der Waals surface area contributed by atoms with Gasteiger partial charge in [0.15, 0.2) is 0 Å². The van der Waals surface area contributed by atoms with Gasteiger partial charge in [0.25, 0.3) is 0 Å². The minimum absolute atomic E-state index is 0.125. The van der Waals surface area contributed by atoms with Crippen LogP contribution < -0.4 is 4.74 Å². The van der Waals surface area contributed by atoms with Crippen molar-refractivity contribution in [1.29, 1.82) is 5.26 Å². The summed E-state index contributed by atoms with van der Waals surface area (Å²) in [6, 6.07) is 10.3. The number of rotatable bonds is 10. The maximum atomic E-state index is 12.9. The zero-order valence-corrected chi connectivity index (χ0v) is 17.8. The van der Waals surface area contributed by atoms with Crippen molar-refractivity contribution in [1.82, 2.24) is 4.57 Å². The Labute approximate surface area is 173 Å². The molecular weight excluding hydrogens is 364 g/mol. The van der Waals surface area contributed by atoms with Crippen LogP contribution in [0.1, 0.15) is 79.6 Å². The van der Waals surface area contributed by atoms with Crippen molar-refractivity contribution in [3.63, 3.8) is 0 Å². The molecule has 1 aromatic carbocycles. The fraction of sp³-hybridized carbons (Fsp3) is 0.458. The Morgan fingerprint density at radius 2 is 1.83 bits per heavy atom. The lowest BCUT2D eigenvalue weighted by Gasteiger charge is -2.14. The second-order valence-electron chi connectivity index (χ2n) is 7.47. The van der Waals surface area contributed by atoms with E-state index in [0.29, 0.717) is 22.7 Å². The Balaban J connectivity index is 2.14. The van der Waals surface area contributed by atoms with Crippen molar-refractivity contribution >= 4 is 11.8 Å². The van der Waals surface area contributed by atoms with Crippen molar-refractivity contribution in [3.05, 3.63) is 52.7 Å². The van der Waals surface area contributed by atoms with Crippen molar-refractivity contribution in [2.45, 2.75) is 59.3 Å². The third-order valence-corrected chi connectivity index (χ3v) is 5.31. The molecule has 1 aromatic heterocycles. The molecule has 2 aromatic rings. The fourth-order valence-electron chi connectivity index (χ4n) is 3.48. The SMILES string of the molecule is CCCCCCC(CC)C(=O)Oc1cc(C)c(C(=O)c2ccc(C#N)cc2)n1C. The van der Waals surface area contributed by atoms with Gasteiger partial charge < -0.3 is 9.30 Å². The number of carbonyl (C=O) groups is 2. The van der Waals surface area contributed by atoms with E-state index in [1.165, 1.54) is 12.8 Å². The molecule has 0 saturated carbocycles. The third kappa shape index (κ3) is 5.57. The van der Waals surface area contributed by atoms with Gasteiger partial charge in [-0.3, -0.25) is 9.59 Å². The highest BCUT2D eigenvalue weighted by Gasteiger charge is 2.23. The number of aryl methyl sites for hydroxylation is 1. The molecule has 2 rings (SSSR count). The Morgan fingerprint density at radius 1 is 1.14 bits per heavy atom. The van der Waals surface area contributed by atoms with E-state index in [2.05, 4.69) is 6.92 Å². The van der Waals surface area contributed by atoms with Gasteiger partial charge in [-0.25, -0.2) is 0 Å². The van der Waals surface area contributed by atoms with E-state index in [9.17, 15) is 9.59 Å². The first-order valence-electron chi connectivity index (χ1n) is 10.4. The fourth-order valence-corrected chi connectivity index (χ4v) is 3.48. The number of ether oxygens (including phenoxy) is 1. The quantitative estimate of drug-likeness (QED) is 0.310. The predicted molar refractivity (Wildman–Crippen MR) is 113 cm³/mol. The first-order chi connectivity index (χ1) is 13.9. The number of nitrogens with zero attached hydrogens (tertiary/aromatic N) is 2. The molecule has 0 bridgehead atoms. The molecular formula is C24H30N2O3. The Kier molecular flexibility index (Phi) is 8.21. The Morgan fingerprint density at radius 3 is 2.41 bits per heavy atom. The van der Waals surface area contributed by atoms with Gasteiger partial charge in [-0.2, -0.15) is 5.26 Å². The zero-order valence-electron chi connectivity index (χ0n) is 17.8. The molecule has 1 atom stereocenters. The van der Waals surface area contributed by atoms with Crippen LogP contribution in [0.5, 0.6) is 5.88 Å². The van der Waals surface area contributed by atoms with Crippen molar-refractivity contribution in [2.24, 2.45) is 13.0 Å². The Hall–Kier alpha value is -2.87. The lowest BCUT2D eigenvalue weighted by Crippen LogP contribution is -2.21. The van der Waals surface area contributed by atoms with Crippen LogP contribution in [0.2, 0.25) is 0 Å². The smallest absolute Gasteiger partial charge is 0.315 e. The van der Waals surface area contributed by atoms with E-state index in [1.54, 1.807) is 41.9 Å². The minimum atomic E-state index is -0.234. The highest BCUT2D eigenvalue weighted by atomic mass is 16.5. The number of aromatic nitrogens is 1. The molecule has 1 unspecified atom stereocenters. The van der Waals surface area contributed by atoms with Crippen LogP contribution in [-0.2, 0) is 11.8 Å². The van der Waals surface area contributed by atoms with E-state index < -0.39 is 0 Å². The number of hydrogen-bond acceptors (Lipinski definition) is 4. The summed E-state index contributed by atoms with van der Waals surface area (Å²) in [7, 11) is 1.73. The van der Waals surface area contributed by atoms with Crippen LogP contribution in [0.15, 0.2) is 30.3 Å². The van der Waals surface area contributed by atoms with Crippen LogP contribution in [0, 0.1) is 24.2 Å². The van der Waals surface area contributed by atoms with Gasteiger partial charge in [-0.1, -0.05) is 39.5 Å². The van der Waals surface area contributed by atoms with Gasteiger partial charge in [-0.15, -0.1) is 0 Å². The zero-order chi connectivity index (χ0) is 21.4. The van der Waals surface area contributed by atoms with Crippen molar-refractivity contribution in [3.8, 4) is 11.9 Å².